The molecule has 2 rings (SSSR count). The van der Waals surface area contributed by atoms with Crippen LogP contribution >= 0.6 is 0 Å². The molecule has 0 aromatic heterocycles. The highest BCUT2D eigenvalue weighted by atomic mass is 32.2. The number of likely N-dealkylation sites (tertiary alicyclic amines) is 1. The summed E-state index contributed by atoms with van der Waals surface area (Å²) in [6, 6.07) is -0.615. The fraction of sp³-hybridized carbons (Fsp3) is 0.938. The lowest BCUT2D eigenvalue weighted by Crippen LogP contribution is -2.44. The number of carbonyl (C=O) groups is 1. The van der Waals surface area contributed by atoms with Crippen LogP contribution in [0.15, 0.2) is 0 Å². The zero-order chi connectivity index (χ0) is 19.8. The SMILES string of the molecule is CCC1(CNC(=O)N2C[C@@H](C(F)(F)F)[C@H](S(=O)(=O)N(C)C)C2)CCCC1. The Hall–Kier alpha value is -1.03. The van der Waals surface area contributed by atoms with Gasteiger partial charge >= 0.3 is 12.2 Å². The van der Waals surface area contributed by atoms with E-state index in [-0.39, 0.29) is 5.41 Å². The van der Waals surface area contributed by atoms with Crippen LogP contribution in [0.4, 0.5) is 18.0 Å². The lowest BCUT2D eigenvalue weighted by Gasteiger charge is -2.29. The van der Waals surface area contributed by atoms with Crippen molar-refractivity contribution in [3.05, 3.63) is 0 Å². The highest BCUT2D eigenvalue weighted by Crippen LogP contribution is 2.41. The minimum absolute atomic E-state index is 0.00786. The fourth-order valence-electron chi connectivity index (χ4n) is 3.98. The van der Waals surface area contributed by atoms with Gasteiger partial charge in [-0.15, -0.1) is 0 Å². The number of hydrogen-bond donors (Lipinski definition) is 1. The van der Waals surface area contributed by atoms with Crippen molar-refractivity contribution >= 4 is 16.1 Å². The molecule has 1 aliphatic heterocycles. The Morgan fingerprint density at radius 1 is 1.23 bits per heavy atom. The number of nitrogens with one attached hydrogen (secondary N) is 1. The molecule has 1 aliphatic carbocycles. The Balaban J connectivity index is 2.09. The summed E-state index contributed by atoms with van der Waals surface area (Å²) in [5.41, 5.74) is 0.00786. The van der Waals surface area contributed by atoms with E-state index in [4.69, 9.17) is 0 Å². The van der Waals surface area contributed by atoms with Crippen molar-refractivity contribution in [2.45, 2.75) is 50.5 Å². The molecular formula is C16H28F3N3O3S. The molecule has 1 heterocycles. The van der Waals surface area contributed by atoms with E-state index >= 15 is 0 Å². The predicted molar refractivity (Wildman–Crippen MR) is 92.1 cm³/mol. The van der Waals surface area contributed by atoms with Gasteiger partial charge in [0.1, 0.15) is 5.25 Å². The summed E-state index contributed by atoms with van der Waals surface area (Å²) in [5.74, 6) is -2.08. The number of hydrogen-bond acceptors (Lipinski definition) is 3. The largest absolute Gasteiger partial charge is 0.394 e. The summed E-state index contributed by atoms with van der Waals surface area (Å²) in [6.45, 7) is 1.38. The summed E-state index contributed by atoms with van der Waals surface area (Å²) in [7, 11) is -1.72. The van der Waals surface area contributed by atoms with Crippen LogP contribution in [0.25, 0.3) is 0 Å². The zero-order valence-electron chi connectivity index (χ0n) is 15.5. The molecule has 0 spiro atoms. The molecule has 6 nitrogen and oxygen atoms in total. The molecule has 1 saturated carbocycles. The first-order valence-corrected chi connectivity index (χ1v) is 10.4. The molecule has 10 heteroatoms. The maximum atomic E-state index is 13.3. The number of rotatable bonds is 5. The summed E-state index contributed by atoms with van der Waals surface area (Å²) in [5, 5.41) is 1.07. The molecular weight excluding hydrogens is 371 g/mol. The van der Waals surface area contributed by atoms with Crippen LogP contribution in [0, 0.1) is 11.3 Å². The number of sulfonamides is 1. The van der Waals surface area contributed by atoms with Gasteiger partial charge in [-0.2, -0.15) is 13.2 Å². The third kappa shape index (κ3) is 4.27. The molecule has 2 amide bonds. The standard InChI is InChI=1S/C16H28F3N3O3S/c1-4-15(7-5-6-8-15)11-20-14(23)22-9-12(16(17,18)19)13(10-22)26(24,25)21(2)3/h12-13H,4-11H2,1-3H3,(H,20,23)/t12-,13-/m1/s1. The van der Waals surface area contributed by atoms with Gasteiger partial charge in [-0.05, 0) is 24.7 Å². The normalized spacial score (nSPS) is 26.5. The van der Waals surface area contributed by atoms with Crippen molar-refractivity contribution in [2.75, 3.05) is 33.7 Å². The van der Waals surface area contributed by atoms with E-state index in [1.54, 1.807) is 0 Å². The first-order chi connectivity index (χ1) is 11.9. The van der Waals surface area contributed by atoms with Crippen LogP contribution in [-0.4, -0.2) is 68.8 Å². The Bertz CT molecular complexity index is 616. The van der Waals surface area contributed by atoms with Crippen LogP contribution < -0.4 is 5.32 Å². The number of amides is 2. The average molecular weight is 399 g/mol. The topological polar surface area (TPSA) is 69.7 Å². The second-order valence-corrected chi connectivity index (χ2v) is 10.0. The Labute approximate surface area is 153 Å². The minimum Gasteiger partial charge on any atom is -0.337 e. The number of halogens is 3. The second kappa shape index (κ2) is 7.53. The highest BCUT2D eigenvalue weighted by Gasteiger charge is 2.56. The molecule has 0 aromatic carbocycles. The van der Waals surface area contributed by atoms with Gasteiger partial charge in [0.2, 0.25) is 10.0 Å². The first kappa shape index (κ1) is 21.3. The van der Waals surface area contributed by atoms with Crippen molar-refractivity contribution in [3.63, 3.8) is 0 Å². The Morgan fingerprint density at radius 2 is 1.81 bits per heavy atom. The maximum Gasteiger partial charge on any atom is 0.394 e. The van der Waals surface area contributed by atoms with Gasteiger partial charge in [-0.25, -0.2) is 17.5 Å². The van der Waals surface area contributed by atoms with E-state index in [0.29, 0.717) is 6.54 Å². The molecule has 2 aliphatic rings. The van der Waals surface area contributed by atoms with E-state index in [1.165, 1.54) is 14.1 Å². The van der Waals surface area contributed by atoms with Crippen molar-refractivity contribution in [3.8, 4) is 0 Å². The molecule has 26 heavy (non-hydrogen) atoms. The molecule has 1 saturated heterocycles. The van der Waals surface area contributed by atoms with Gasteiger partial charge in [0.15, 0.2) is 0 Å². The first-order valence-electron chi connectivity index (χ1n) is 8.94. The smallest absolute Gasteiger partial charge is 0.337 e. The number of carbonyl (C=O) groups excluding carboxylic acids is 1. The van der Waals surface area contributed by atoms with Crippen molar-refractivity contribution in [2.24, 2.45) is 11.3 Å². The van der Waals surface area contributed by atoms with E-state index in [9.17, 15) is 26.4 Å². The lowest BCUT2D eigenvalue weighted by atomic mass is 9.83. The Morgan fingerprint density at radius 3 is 2.27 bits per heavy atom. The third-order valence-corrected chi connectivity index (χ3v) is 8.15. The maximum absolute atomic E-state index is 13.3. The zero-order valence-corrected chi connectivity index (χ0v) is 16.3. The minimum atomic E-state index is -4.68. The lowest BCUT2D eigenvalue weighted by molar-refractivity contribution is -0.169. The summed E-state index contributed by atoms with van der Waals surface area (Å²) in [6.07, 6.45) is 0.383. The van der Waals surface area contributed by atoms with Crippen molar-refractivity contribution < 1.29 is 26.4 Å². The van der Waals surface area contributed by atoms with Gasteiger partial charge in [0.05, 0.1) is 5.92 Å². The van der Waals surface area contributed by atoms with Crippen LogP contribution in [0.5, 0.6) is 0 Å². The second-order valence-electron chi connectivity index (χ2n) is 7.64. The van der Waals surface area contributed by atoms with Gasteiger partial charge in [0.25, 0.3) is 0 Å². The summed E-state index contributed by atoms with van der Waals surface area (Å²) < 4.78 is 65.4. The summed E-state index contributed by atoms with van der Waals surface area (Å²) >= 11 is 0. The van der Waals surface area contributed by atoms with E-state index < -0.39 is 46.5 Å². The molecule has 2 fully saturated rings. The fourth-order valence-corrected chi connectivity index (χ4v) is 5.55. The molecule has 0 radical (unpaired) electrons. The van der Waals surface area contributed by atoms with E-state index in [1.807, 2.05) is 6.92 Å². The van der Waals surface area contributed by atoms with Crippen LogP contribution in [0.1, 0.15) is 39.0 Å². The van der Waals surface area contributed by atoms with E-state index in [2.05, 4.69) is 5.32 Å². The molecule has 152 valence electrons. The van der Waals surface area contributed by atoms with Crippen molar-refractivity contribution in [1.82, 2.24) is 14.5 Å². The van der Waals surface area contributed by atoms with Gasteiger partial charge < -0.3 is 10.2 Å². The highest BCUT2D eigenvalue weighted by molar-refractivity contribution is 7.89. The Kier molecular flexibility index (Phi) is 6.16. The van der Waals surface area contributed by atoms with Crippen LogP contribution in [-0.2, 0) is 10.0 Å². The third-order valence-electron chi connectivity index (χ3n) is 5.89. The summed E-state index contributed by atoms with van der Waals surface area (Å²) in [4.78, 5) is 13.4. The number of urea groups is 1. The van der Waals surface area contributed by atoms with Gasteiger partial charge in [-0.3, -0.25) is 0 Å². The quantitative estimate of drug-likeness (QED) is 0.772. The molecule has 0 unspecified atom stereocenters. The van der Waals surface area contributed by atoms with Crippen molar-refractivity contribution in [1.29, 1.82) is 0 Å². The number of alkyl halides is 3. The van der Waals surface area contributed by atoms with Gasteiger partial charge in [-0.1, -0.05) is 19.8 Å². The van der Waals surface area contributed by atoms with E-state index in [0.717, 1.165) is 41.3 Å². The average Bonchev–Trinajstić information content (AvgIpc) is 3.20. The molecule has 0 aromatic rings. The van der Waals surface area contributed by atoms with Gasteiger partial charge in [0, 0.05) is 33.7 Å². The van der Waals surface area contributed by atoms with Crippen LogP contribution in [0.3, 0.4) is 0 Å². The monoisotopic (exact) mass is 399 g/mol. The molecule has 2 atom stereocenters. The molecule has 0 bridgehead atoms. The van der Waals surface area contributed by atoms with Crippen LogP contribution in [0.2, 0.25) is 0 Å². The number of nitrogens with zero attached hydrogens (tertiary/aromatic N) is 2. The molecule has 1 N–H and O–H groups in total. The predicted octanol–water partition coefficient (Wildman–Crippen LogP) is 2.42.